The third kappa shape index (κ3) is 5.51. The van der Waals surface area contributed by atoms with Gasteiger partial charge in [0.25, 0.3) is 0 Å². The summed E-state index contributed by atoms with van der Waals surface area (Å²) in [7, 11) is 4.28. The summed E-state index contributed by atoms with van der Waals surface area (Å²) in [6, 6.07) is 6.83. The fraction of sp³-hybridized carbons (Fsp3) is 0.647. The maximum atomic E-state index is 3.46. The van der Waals surface area contributed by atoms with E-state index in [1.807, 2.05) is 0 Å². The van der Waals surface area contributed by atoms with Crippen molar-refractivity contribution in [2.24, 2.45) is 0 Å². The second-order valence-corrected chi connectivity index (χ2v) is 5.70. The maximum Gasteiger partial charge on any atom is 0.0412 e. The van der Waals surface area contributed by atoms with Gasteiger partial charge in [0.15, 0.2) is 0 Å². The van der Waals surface area contributed by atoms with Crippen LogP contribution in [0.2, 0.25) is 0 Å². The third-order valence-corrected chi connectivity index (χ3v) is 3.45. The molecule has 0 atom stereocenters. The number of benzene rings is 1. The Morgan fingerprint density at radius 1 is 1.05 bits per heavy atom. The average molecular weight is 277 g/mol. The minimum Gasteiger partial charge on any atom is -0.370 e. The van der Waals surface area contributed by atoms with E-state index >= 15 is 0 Å². The number of hydrogen-bond acceptors (Lipinski definition) is 3. The van der Waals surface area contributed by atoms with Crippen LogP contribution in [0, 0.1) is 6.92 Å². The summed E-state index contributed by atoms with van der Waals surface area (Å²) in [5, 5.41) is 3.46. The average Bonchev–Trinajstić information content (AvgIpc) is 2.41. The van der Waals surface area contributed by atoms with Gasteiger partial charge < -0.3 is 15.1 Å². The maximum absolute atomic E-state index is 3.46. The lowest BCUT2D eigenvalue weighted by molar-refractivity contribution is 0.412. The highest BCUT2D eigenvalue weighted by Gasteiger charge is 2.11. The van der Waals surface area contributed by atoms with Gasteiger partial charge in [-0.2, -0.15) is 0 Å². The van der Waals surface area contributed by atoms with Gasteiger partial charge in [-0.15, -0.1) is 0 Å². The molecular weight excluding hydrogens is 246 g/mol. The number of anilines is 1. The zero-order valence-corrected chi connectivity index (χ0v) is 13.9. The van der Waals surface area contributed by atoms with Crippen LogP contribution < -0.4 is 10.2 Å². The lowest BCUT2D eigenvalue weighted by Crippen LogP contribution is -2.33. The molecule has 0 unspecified atom stereocenters. The van der Waals surface area contributed by atoms with Gasteiger partial charge in [0, 0.05) is 31.9 Å². The van der Waals surface area contributed by atoms with Crippen LogP contribution >= 0.6 is 0 Å². The minimum atomic E-state index is 0.954. The van der Waals surface area contributed by atoms with Crippen LogP contribution in [-0.2, 0) is 6.54 Å². The highest BCUT2D eigenvalue weighted by atomic mass is 15.2. The molecule has 0 radical (unpaired) electrons. The molecule has 1 aromatic rings. The van der Waals surface area contributed by atoms with Crippen LogP contribution in [0.5, 0.6) is 0 Å². The van der Waals surface area contributed by atoms with Gasteiger partial charge in [-0.05, 0) is 45.6 Å². The Hall–Kier alpha value is -1.06. The van der Waals surface area contributed by atoms with Crippen molar-refractivity contribution in [2.45, 2.75) is 33.7 Å². The van der Waals surface area contributed by atoms with Gasteiger partial charge in [-0.25, -0.2) is 0 Å². The smallest absolute Gasteiger partial charge is 0.0412 e. The first kappa shape index (κ1) is 17.0. The number of rotatable bonds is 9. The standard InChI is InChI=1S/C17H31N3/c1-6-10-20(12-11-19(4)5)17-9-8-15(3)13-16(17)14-18-7-2/h8-9,13,18H,6-7,10-12,14H2,1-5H3. The van der Waals surface area contributed by atoms with E-state index in [2.05, 4.69) is 68.2 Å². The Morgan fingerprint density at radius 3 is 2.40 bits per heavy atom. The van der Waals surface area contributed by atoms with Crippen molar-refractivity contribution < 1.29 is 0 Å². The van der Waals surface area contributed by atoms with Gasteiger partial charge in [-0.3, -0.25) is 0 Å². The lowest BCUT2D eigenvalue weighted by Gasteiger charge is -2.28. The minimum absolute atomic E-state index is 0.954. The normalized spacial score (nSPS) is 11.1. The zero-order valence-electron chi connectivity index (χ0n) is 13.9. The second-order valence-electron chi connectivity index (χ2n) is 5.70. The summed E-state index contributed by atoms with van der Waals surface area (Å²) in [6.07, 6.45) is 1.18. The summed E-state index contributed by atoms with van der Waals surface area (Å²) in [6.45, 7) is 11.8. The fourth-order valence-corrected chi connectivity index (χ4v) is 2.37. The number of nitrogens with zero attached hydrogens (tertiary/aromatic N) is 2. The molecule has 0 aliphatic carbocycles. The molecule has 3 nitrogen and oxygen atoms in total. The SMILES string of the molecule is CCCN(CCN(C)C)c1ccc(C)cc1CNCC. The van der Waals surface area contributed by atoms with E-state index in [1.165, 1.54) is 23.2 Å². The molecule has 1 rings (SSSR count). The summed E-state index contributed by atoms with van der Waals surface area (Å²) in [4.78, 5) is 4.77. The molecule has 0 aromatic heterocycles. The highest BCUT2D eigenvalue weighted by Crippen LogP contribution is 2.22. The van der Waals surface area contributed by atoms with Crippen molar-refractivity contribution >= 4 is 5.69 Å². The molecule has 0 aliphatic heterocycles. The van der Waals surface area contributed by atoms with E-state index in [0.29, 0.717) is 0 Å². The van der Waals surface area contributed by atoms with Crippen LogP contribution in [0.4, 0.5) is 5.69 Å². The largest absolute Gasteiger partial charge is 0.370 e. The van der Waals surface area contributed by atoms with E-state index in [0.717, 1.165) is 32.7 Å². The Balaban J connectivity index is 2.91. The van der Waals surface area contributed by atoms with Crippen molar-refractivity contribution in [1.29, 1.82) is 0 Å². The monoisotopic (exact) mass is 277 g/mol. The summed E-state index contributed by atoms with van der Waals surface area (Å²) in [5.41, 5.74) is 4.14. The summed E-state index contributed by atoms with van der Waals surface area (Å²) in [5.74, 6) is 0. The highest BCUT2D eigenvalue weighted by molar-refractivity contribution is 5.55. The van der Waals surface area contributed by atoms with E-state index in [-0.39, 0.29) is 0 Å². The Bertz CT molecular complexity index is 388. The van der Waals surface area contributed by atoms with Crippen molar-refractivity contribution in [3.63, 3.8) is 0 Å². The van der Waals surface area contributed by atoms with Crippen LogP contribution in [-0.4, -0.2) is 45.2 Å². The number of aryl methyl sites for hydroxylation is 1. The molecule has 0 bridgehead atoms. The van der Waals surface area contributed by atoms with Crippen LogP contribution in [0.1, 0.15) is 31.4 Å². The Labute approximate surface area is 125 Å². The topological polar surface area (TPSA) is 18.5 Å². The first-order valence-corrected chi connectivity index (χ1v) is 7.78. The lowest BCUT2D eigenvalue weighted by atomic mass is 10.1. The molecular formula is C17H31N3. The third-order valence-electron chi connectivity index (χ3n) is 3.45. The van der Waals surface area contributed by atoms with Crippen molar-refractivity contribution in [1.82, 2.24) is 10.2 Å². The predicted molar refractivity (Wildman–Crippen MR) is 89.6 cm³/mol. The van der Waals surface area contributed by atoms with Gasteiger partial charge in [0.2, 0.25) is 0 Å². The quantitative estimate of drug-likeness (QED) is 0.749. The zero-order chi connectivity index (χ0) is 15.0. The van der Waals surface area contributed by atoms with Crippen molar-refractivity contribution in [3.8, 4) is 0 Å². The molecule has 1 N–H and O–H groups in total. The molecule has 20 heavy (non-hydrogen) atoms. The predicted octanol–water partition coefficient (Wildman–Crippen LogP) is 2.88. The first-order chi connectivity index (χ1) is 9.58. The van der Waals surface area contributed by atoms with Crippen molar-refractivity contribution in [2.75, 3.05) is 45.2 Å². The first-order valence-electron chi connectivity index (χ1n) is 7.78. The van der Waals surface area contributed by atoms with E-state index < -0.39 is 0 Å². The Morgan fingerprint density at radius 2 is 1.80 bits per heavy atom. The van der Waals surface area contributed by atoms with Gasteiger partial charge >= 0.3 is 0 Å². The van der Waals surface area contributed by atoms with Crippen LogP contribution in [0.15, 0.2) is 18.2 Å². The fourth-order valence-electron chi connectivity index (χ4n) is 2.37. The summed E-state index contributed by atoms with van der Waals surface area (Å²) < 4.78 is 0. The molecule has 0 aliphatic rings. The van der Waals surface area contributed by atoms with Crippen LogP contribution in [0.3, 0.4) is 0 Å². The van der Waals surface area contributed by atoms with Gasteiger partial charge in [-0.1, -0.05) is 31.5 Å². The van der Waals surface area contributed by atoms with Crippen molar-refractivity contribution in [3.05, 3.63) is 29.3 Å². The molecule has 1 aromatic carbocycles. The molecule has 0 heterocycles. The van der Waals surface area contributed by atoms with Gasteiger partial charge in [0.1, 0.15) is 0 Å². The second kappa shape index (κ2) is 8.98. The molecule has 0 spiro atoms. The molecule has 114 valence electrons. The number of likely N-dealkylation sites (N-methyl/N-ethyl adjacent to an activating group) is 1. The number of hydrogen-bond donors (Lipinski definition) is 1. The molecule has 0 saturated carbocycles. The van der Waals surface area contributed by atoms with Crippen LogP contribution in [0.25, 0.3) is 0 Å². The number of nitrogens with one attached hydrogen (secondary N) is 1. The molecule has 0 saturated heterocycles. The molecule has 3 heteroatoms. The molecule has 0 fully saturated rings. The Kier molecular flexibility index (Phi) is 7.63. The van der Waals surface area contributed by atoms with E-state index in [4.69, 9.17) is 0 Å². The van der Waals surface area contributed by atoms with Gasteiger partial charge in [0.05, 0.1) is 0 Å². The summed E-state index contributed by atoms with van der Waals surface area (Å²) >= 11 is 0. The van der Waals surface area contributed by atoms with E-state index in [9.17, 15) is 0 Å². The molecule has 0 amide bonds. The van der Waals surface area contributed by atoms with E-state index in [1.54, 1.807) is 0 Å².